The number of hydrogen-bond donors (Lipinski definition) is 0. The molecule has 1 heterocycles. The zero-order valence-corrected chi connectivity index (χ0v) is 17.6. The lowest BCUT2D eigenvalue weighted by molar-refractivity contribution is -0.136. The molecule has 146 valence electrons. The van der Waals surface area contributed by atoms with E-state index in [0.29, 0.717) is 11.3 Å². The Labute approximate surface area is 174 Å². The van der Waals surface area contributed by atoms with E-state index >= 15 is 0 Å². The van der Waals surface area contributed by atoms with E-state index in [1.165, 1.54) is 25.7 Å². The van der Waals surface area contributed by atoms with E-state index in [0.717, 1.165) is 34.4 Å². The zero-order chi connectivity index (χ0) is 19.8. The number of halogens is 1. The molecule has 1 aliphatic rings. The minimum atomic E-state index is -0.440. The lowest BCUT2D eigenvalue weighted by Gasteiger charge is -2.07. The summed E-state index contributed by atoms with van der Waals surface area (Å²) >= 11 is 3.41. The zero-order valence-electron chi connectivity index (χ0n) is 16.0. The molecule has 28 heavy (non-hydrogen) atoms. The predicted octanol–water partition coefficient (Wildman–Crippen LogP) is 6.14. The van der Waals surface area contributed by atoms with Crippen molar-refractivity contribution in [1.29, 1.82) is 0 Å². The van der Waals surface area contributed by atoms with Crippen LogP contribution in [0.1, 0.15) is 50.2 Å². The van der Waals surface area contributed by atoms with Crippen molar-refractivity contribution in [3.63, 3.8) is 0 Å². The number of ether oxygens (including phenoxy) is 1. The fourth-order valence-electron chi connectivity index (χ4n) is 2.95. The van der Waals surface area contributed by atoms with Crippen molar-refractivity contribution < 1.29 is 14.4 Å². The van der Waals surface area contributed by atoms with Crippen LogP contribution in [0.25, 0.3) is 6.08 Å². The van der Waals surface area contributed by atoms with Crippen LogP contribution in [0.5, 0.6) is 5.75 Å². The first kappa shape index (κ1) is 20.3. The van der Waals surface area contributed by atoms with Gasteiger partial charge < -0.3 is 9.57 Å². The molecule has 0 radical (unpaired) electrons. The molecule has 0 aromatic heterocycles. The number of carbonyl (C=O) groups excluding carboxylic acids is 1. The number of benzene rings is 2. The maximum atomic E-state index is 12.1. The summed E-state index contributed by atoms with van der Waals surface area (Å²) in [5, 5.41) is 3.96. The van der Waals surface area contributed by atoms with Gasteiger partial charge in [-0.1, -0.05) is 65.8 Å². The van der Waals surface area contributed by atoms with Crippen molar-refractivity contribution in [2.24, 2.45) is 5.16 Å². The Morgan fingerprint density at radius 3 is 2.43 bits per heavy atom. The second-order valence-corrected chi connectivity index (χ2v) is 7.63. The third-order valence-electron chi connectivity index (χ3n) is 4.52. The fourth-order valence-corrected chi connectivity index (χ4v) is 3.21. The number of oxime groups is 1. The first-order valence-electron chi connectivity index (χ1n) is 9.67. The molecule has 2 aromatic carbocycles. The summed E-state index contributed by atoms with van der Waals surface area (Å²) in [6.45, 7) is 2.94. The first-order valence-corrected chi connectivity index (χ1v) is 10.5. The highest BCUT2D eigenvalue weighted by molar-refractivity contribution is 9.10. The molecule has 0 atom stereocenters. The summed E-state index contributed by atoms with van der Waals surface area (Å²) in [7, 11) is 0. The van der Waals surface area contributed by atoms with Gasteiger partial charge in [-0.3, -0.25) is 0 Å². The molecule has 0 unspecified atom stereocenters. The van der Waals surface area contributed by atoms with E-state index in [1.54, 1.807) is 6.08 Å². The van der Waals surface area contributed by atoms with E-state index in [2.05, 4.69) is 28.0 Å². The second kappa shape index (κ2) is 10.2. The van der Waals surface area contributed by atoms with E-state index in [9.17, 15) is 4.79 Å². The Morgan fingerprint density at radius 1 is 1.00 bits per heavy atom. The molecular formula is C23H24BrNO3. The van der Waals surface area contributed by atoms with Gasteiger partial charge in [0.25, 0.3) is 0 Å². The van der Waals surface area contributed by atoms with Crippen molar-refractivity contribution in [3.8, 4) is 5.75 Å². The Hall–Kier alpha value is -2.40. The average molecular weight is 442 g/mol. The van der Waals surface area contributed by atoms with Crippen LogP contribution in [0.15, 0.2) is 63.7 Å². The molecule has 0 saturated heterocycles. The highest BCUT2D eigenvalue weighted by atomic mass is 79.9. The molecule has 2 aromatic rings. The quantitative estimate of drug-likeness (QED) is 0.266. The number of rotatable bonds is 9. The van der Waals surface area contributed by atoms with Crippen molar-refractivity contribution >= 4 is 33.7 Å². The van der Waals surface area contributed by atoms with E-state index in [1.807, 2.05) is 48.5 Å². The number of carbonyl (C=O) groups is 1. The maximum absolute atomic E-state index is 12.1. The molecule has 0 aliphatic carbocycles. The van der Waals surface area contributed by atoms with Crippen molar-refractivity contribution in [2.75, 3.05) is 6.61 Å². The van der Waals surface area contributed by atoms with Gasteiger partial charge in [0, 0.05) is 10.0 Å². The van der Waals surface area contributed by atoms with Crippen molar-refractivity contribution in [1.82, 2.24) is 0 Å². The normalized spacial score (nSPS) is 14.9. The standard InChI is InChI=1S/C23H24BrNO3/c1-2-3-4-5-6-15-27-20-13-9-18(10-14-20)22-21(23(26)28-25-22)16-17-7-11-19(24)12-8-17/h7-14,16H,2-6,15H2,1H3/b21-16-. The van der Waals surface area contributed by atoms with E-state index in [4.69, 9.17) is 9.57 Å². The minimum absolute atomic E-state index is 0.440. The van der Waals surface area contributed by atoms with Gasteiger partial charge in [-0.2, -0.15) is 0 Å². The first-order chi connectivity index (χ1) is 13.7. The van der Waals surface area contributed by atoms with Crippen LogP contribution < -0.4 is 4.74 Å². The van der Waals surface area contributed by atoms with Crippen LogP contribution in [-0.2, 0) is 9.63 Å². The van der Waals surface area contributed by atoms with Gasteiger partial charge in [0.15, 0.2) is 0 Å². The summed E-state index contributed by atoms with van der Waals surface area (Å²) in [4.78, 5) is 17.0. The van der Waals surface area contributed by atoms with Crippen LogP contribution in [0.4, 0.5) is 0 Å². The van der Waals surface area contributed by atoms with Gasteiger partial charge in [0.1, 0.15) is 11.5 Å². The smallest absolute Gasteiger partial charge is 0.368 e. The fraction of sp³-hybridized carbons (Fsp3) is 0.304. The van der Waals surface area contributed by atoms with Gasteiger partial charge in [-0.05, 0) is 54.5 Å². The summed E-state index contributed by atoms with van der Waals surface area (Å²) in [5.74, 6) is 0.383. The third-order valence-corrected chi connectivity index (χ3v) is 5.05. The lowest BCUT2D eigenvalue weighted by atomic mass is 10.0. The summed E-state index contributed by atoms with van der Waals surface area (Å²) in [6, 6.07) is 15.3. The van der Waals surface area contributed by atoms with Gasteiger partial charge in [0.2, 0.25) is 0 Å². The molecule has 0 N–H and O–H groups in total. The highest BCUT2D eigenvalue weighted by Crippen LogP contribution is 2.23. The largest absolute Gasteiger partial charge is 0.494 e. The van der Waals surface area contributed by atoms with Crippen LogP contribution in [0.3, 0.4) is 0 Å². The van der Waals surface area contributed by atoms with Gasteiger partial charge in [-0.15, -0.1) is 0 Å². The van der Waals surface area contributed by atoms with E-state index < -0.39 is 5.97 Å². The summed E-state index contributed by atoms with van der Waals surface area (Å²) < 4.78 is 6.79. The number of hydrogen-bond acceptors (Lipinski definition) is 4. The van der Waals surface area contributed by atoms with Crippen molar-refractivity contribution in [3.05, 3.63) is 69.7 Å². The Kier molecular flexibility index (Phi) is 7.43. The lowest BCUT2D eigenvalue weighted by Crippen LogP contribution is -2.07. The third kappa shape index (κ3) is 5.55. The highest BCUT2D eigenvalue weighted by Gasteiger charge is 2.26. The number of nitrogens with zero attached hydrogens (tertiary/aromatic N) is 1. The second-order valence-electron chi connectivity index (χ2n) is 6.72. The SMILES string of the molecule is CCCCCCCOc1ccc(C2=NOC(=O)/C2=C\c2ccc(Br)cc2)cc1. The topological polar surface area (TPSA) is 47.9 Å². The van der Waals surface area contributed by atoms with Gasteiger partial charge in [0.05, 0.1) is 12.2 Å². The molecule has 4 nitrogen and oxygen atoms in total. The van der Waals surface area contributed by atoms with Gasteiger partial charge in [-0.25, -0.2) is 4.79 Å². The molecule has 0 amide bonds. The Bertz CT molecular complexity index is 854. The molecule has 0 spiro atoms. The van der Waals surface area contributed by atoms with Gasteiger partial charge >= 0.3 is 5.97 Å². The van der Waals surface area contributed by atoms with Crippen molar-refractivity contribution in [2.45, 2.75) is 39.0 Å². The molecule has 5 heteroatoms. The van der Waals surface area contributed by atoms with Crippen LogP contribution in [0, 0.1) is 0 Å². The number of unbranched alkanes of at least 4 members (excludes halogenated alkanes) is 4. The Balaban J connectivity index is 1.63. The van der Waals surface area contributed by atoms with Crippen LogP contribution >= 0.6 is 15.9 Å². The van der Waals surface area contributed by atoms with E-state index in [-0.39, 0.29) is 0 Å². The molecule has 3 rings (SSSR count). The predicted molar refractivity (Wildman–Crippen MR) is 115 cm³/mol. The molecule has 1 aliphatic heterocycles. The molecule has 0 bridgehead atoms. The average Bonchev–Trinajstić information content (AvgIpc) is 3.07. The van der Waals surface area contributed by atoms with Crippen LogP contribution in [0.2, 0.25) is 0 Å². The maximum Gasteiger partial charge on any atom is 0.368 e. The summed E-state index contributed by atoms with van der Waals surface area (Å²) in [5.41, 5.74) is 2.73. The minimum Gasteiger partial charge on any atom is -0.494 e. The molecule has 0 saturated carbocycles. The monoisotopic (exact) mass is 441 g/mol. The Morgan fingerprint density at radius 2 is 1.71 bits per heavy atom. The molecule has 0 fully saturated rings. The summed E-state index contributed by atoms with van der Waals surface area (Å²) in [6.07, 6.45) is 7.86. The van der Waals surface area contributed by atoms with Crippen LogP contribution in [-0.4, -0.2) is 18.3 Å². The molecular weight excluding hydrogens is 418 g/mol.